The third kappa shape index (κ3) is 4.84. The Kier molecular flexibility index (Phi) is 5.91. The Morgan fingerprint density at radius 1 is 1.13 bits per heavy atom. The second-order valence-corrected chi connectivity index (χ2v) is 7.18. The number of halogens is 3. The number of aromatic hydroxyl groups is 1. The van der Waals surface area contributed by atoms with Crippen LogP contribution in [0.5, 0.6) is 11.5 Å². The zero-order valence-corrected chi connectivity index (χ0v) is 16.1. The normalized spacial score (nSPS) is 13.7. The Balaban J connectivity index is 1.71. The van der Waals surface area contributed by atoms with Crippen LogP contribution in [0.3, 0.4) is 0 Å². The first-order valence-corrected chi connectivity index (χ1v) is 9.22. The Labute approximate surface area is 170 Å². The number of carbonyl (C=O) groups excluding carboxylic acids is 1. The maximum absolute atomic E-state index is 12.9. The van der Waals surface area contributed by atoms with Crippen molar-refractivity contribution in [3.63, 3.8) is 0 Å². The zero-order valence-electron chi connectivity index (χ0n) is 16.1. The van der Waals surface area contributed by atoms with Crippen LogP contribution in [0.4, 0.5) is 18.9 Å². The minimum atomic E-state index is -4.88. The fraction of sp³-hybridized carbons (Fsp3) is 0.333. The summed E-state index contributed by atoms with van der Waals surface area (Å²) >= 11 is 0. The van der Waals surface area contributed by atoms with Crippen LogP contribution in [0.15, 0.2) is 36.4 Å². The van der Waals surface area contributed by atoms with E-state index in [1.807, 2.05) is 0 Å². The van der Waals surface area contributed by atoms with Gasteiger partial charge in [0.2, 0.25) is 5.91 Å². The second kappa shape index (κ2) is 8.25. The molecule has 30 heavy (non-hydrogen) atoms. The topological polar surface area (TPSA) is 87.1 Å². The third-order valence-corrected chi connectivity index (χ3v) is 4.94. The highest BCUT2D eigenvalue weighted by Crippen LogP contribution is 2.39. The number of alkyl halides is 3. The van der Waals surface area contributed by atoms with E-state index < -0.39 is 29.0 Å². The maximum Gasteiger partial charge on any atom is 0.419 e. The van der Waals surface area contributed by atoms with Gasteiger partial charge in [0.15, 0.2) is 0 Å². The molecule has 2 aromatic rings. The number of phenols is 1. The molecule has 0 spiro atoms. The molecule has 0 bridgehead atoms. The Morgan fingerprint density at radius 3 is 2.30 bits per heavy atom. The second-order valence-electron chi connectivity index (χ2n) is 7.18. The molecule has 160 valence electrons. The van der Waals surface area contributed by atoms with Gasteiger partial charge in [-0.3, -0.25) is 4.79 Å². The number of carbonyl (C=O) groups is 2. The summed E-state index contributed by atoms with van der Waals surface area (Å²) in [6, 6.07) is 8.03. The van der Waals surface area contributed by atoms with Gasteiger partial charge in [-0.1, -0.05) is 6.07 Å². The maximum atomic E-state index is 12.9. The van der Waals surface area contributed by atoms with E-state index >= 15 is 0 Å². The first-order chi connectivity index (χ1) is 14.1. The zero-order chi connectivity index (χ0) is 22.1. The van der Waals surface area contributed by atoms with Crippen molar-refractivity contribution in [2.45, 2.75) is 32.0 Å². The van der Waals surface area contributed by atoms with Crippen LogP contribution in [0.1, 0.15) is 40.7 Å². The van der Waals surface area contributed by atoms with Gasteiger partial charge >= 0.3 is 12.1 Å². The molecule has 2 aromatic carbocycles. The van der Waals surface area contributed by atoms with Gasteiger partial charge in [0, 0.05) is 24.7 Å². The molecule has 1 aliphatic rings. The molecule has 0 unspecified atom stereocenters. The van der Waals surface area contributed by atoms with E-state index in [4.69, 9.17) is 4.74 Å². The molecular formula is C21H20F3NO5. The molecule has 1 fully saturated rings. The van der Waals surface area contributed by atoms with Gasteiger partial charge in [-0.15, -0.1) is 0 Å². The summed E-state index contributed by atoms with van der Waals surface area (Å²) in [4.78, 5) is 25.1. The van der Waals surface area contributed by atoms with Crippen molar-refractivity contribution < 1.29 is 37.7 Å². The van der Waals surface area contributed by atoms with Crippen molar-refractivity contribution in [3.8, 4) is 11.5 Å². The molecule has 0 saturated heterocycles. The van der Waals surface area contributed by atoms with Gasteiger partial charge in [-0.05, 0) is 49.1 Å². The van der Waals surface area contributed by atoms with E-state index in [0.717, 1.165) is 18.9 Å². The monoisotopic (exact) mass is 423 g/mol. The average molecular weight is 423 g/mol. The summed E-state index contributed by atoms with van der Waals surface area (Å²) in [5.41, 5.74) is -1.72. The lowest BCUT2D eigenvalue weighted by Crippen LogP contribution is -2.26. The first kappa shape index (κ1) is 21.5. The number of carboxylic acids is 1. The first-order valence-electron chi connectivity index (χ1n) is 9.22. The number of ether oxygens (including phenoxy) is 1. The summed E-state index contributed by atoms with van der Waals surface area (Å²) in [5.74, 6) is -2.23. The van der Waals surface area contributed by atoms with E-state index in [1.54, 1.807) is 36.2 Å². The lowest BCUT2D eigenvalue weighted by molar-refractivity contribution is -0.138. The Morgan fingerprint density at radius 2 is 1.77 bits per heavy atom. The number of aromatic carboxylic acids is 1. The van der Waals surface area contributed by atoms with Crippen molar-refractivity contribution >= 4 is 17.6 Å². The number of anilines is 1. The molecule has 0 atom stereocenters. The quantitative estimate of drug-likeness (QED) is 0.687. The van der Waals surface area contributed by atoms with Crippen molar-refractivity contribution in [3.05, 3.63) is 53.1 Å². The smallest absolute Gasteiger partial charge is 0.419 e. The highest BCUT2D eigenvalue weighted by molar-refractivity contribution is 5.93. The minimum absolute atomic E-state index is 0.0116. The number of hydrogen-bond donors (Lipinski definition) is 2. The van der Waals surface area contributed by atoms with E-state index in [-0.39, 0.29) is 18.1 Å². The summed E-state index contributed by atoms with van der Waals surface area (Å²) in [5, 5.41) is 19.0. The van der Waals surface area contributed by atoms with Gasteiger partial charge < -0.3 is 19.8 Å². The van der Waals surface area contributed by atoms with Gasteiger partial charge in [0.1, 0.15) is 23.7 Å². The highest BCUT2D eigenvalue weighted by Gasteiger charge is 2.36. The fourth-order valence-electron chi connectivity index (χ4n) is 3.00. The summed E-state index contributed by atoms with van der Waals surface area (Å²) in [6.45, 7) is -0.358. The van der Waals surface area contributed by atoms with Gasteiger partial charge in [0.25, 0.3) is 0 Å². The Hall–Kier alpha value is -3.23. The van der Waals surface area contributed by atoms with Crippen molar-refractivity contribution in [1.29, 1.82) is 0 Å². The fourth-order valence-corrected chi connectivity index (χ4v) is 3.00. The van der Waals surface area contributed by atoms with E-state index in [9.17, 15) is 33.0 Å². The van der Waals surface area contributed by atoms with Crippen LogP contribution < -0.4 is 9.64 Å². The highest BCUT2D eigenvalue weighted by atomic mass is 19.4. The molecule has 6 nitrogen and oxygen atoms in total. The van der Waals surface area contributed by atoms with Gasteiger partial charge in [-0.2, -0.15) is 13.2 Å². The molecule has 1 saturated carbocycles. The molecule has 0 heterocycles. The number of rotatable bonds is 7. The van der Waals surface area contributed by atoms with Crippen LogP contribution in [0.25, 0.3) is 0 Å². The van der Waals surface area contributed by atoms with Gasteiger partial charge in [0.05, 0.1) is 5.56 Å². The van der Waals surface area contributed by atoms with Crippen molar-refractivity contribution in [2.75, 3.05) is 11.9 Å². The minimum Gasteiger partial charge on any atom is -0.506 e. The molecule has 1 aliphatic carbocycles. The van der Waals surface area contributed by atoms with Crippen LogP contribution >= 0.6 is 0 Å². The van der Waals surface area contributed by atoms with E-state index in [2.05, 4.69) is 0 Å². The van der Waals surface area contributed by atoms with E-state index in [1.165, 1.54) is 0 Å². The summed E-state index contributed by atoms with van der Waals surface area (Å²) in [6.07, 6.45) is -2.23. The van der Waals surface area contributed by atoms with Crippen LogP contribution in [0.2, 0.25) is 0 Å². The number of nitrogens with zero attached hydrogens (tertiary/aromatic N) is 1. The van der Waals surface area contributed by atoms with Crippen LogP contribution in [-0.4, -0.2) is 29.1 Å². The number of benzene rings is 2. The molecule has 2 N–H and O–H groups in total. The predicted octanol–water partition coefficient (Wildman–Crippen LogP) is 4.45. The lowest BCUT2D eigenvalue weighted by Gasteiger charge is -2.18. The Bertz CT molecular complexity index is 952. The molecule has 1 amide bonds. The summed E-state index contributed by atoms with van der Waals surface area (Å²) < 4.78 is 44.2. The average Bonchev–Trinajstić information content (AvgIpc) is 3.48. The summed E-state index contributed by atoms with van der Waals surface area (Å²) in [7, 11) is 1.67. The lowest BCUT2D eigenvalue weighted by atomic mass is 10.0. The van der Waals surface area contributed by atoms with Crippen molar-refractivity contribution in [2.24, 2.45) is 5.92 Å². The third-order valence-electron chi connectivity index (χ3n) is 4.94. The molecule has 0 aromatic heterocycles. The van der Waals surface area contributed by atoms with Crippen LogP contribution in [0, 0.1) is 5.92 Å². The van der Waals surface area contributed by atoms with Crippen LogP contribution in [-0.2, 0) is 17.6 Å². The van der Waals surface area contributed by atoms with Gasteiger partial charge in [-0.25, -0.2) is 4.79 Å². The number of hydrogen-bond acceptors (Lipinski definition) is 4. The molecule has 9 heteroatoms. The number of amides is 1. The number of carboxylic acid groups (broad SMARTS) is 1. The predicted molar refractivity (Wildman–Crippen MR) is 102 cm³/mol. The SMILES string of the molecule is CN(C(=O)CC1CC1)c1ccc(OCc2ccc(C(F)(F)F)c(O)c2C(=O)O)cc1. The molecule has 0 radical (unpaired) electrons. The standard InChI is InChI=1S/C21H20F3NO5/c1-25(17(26)10-12-2-3-12)14-5-7-15(8-6-14)30-11-13-4-9-16(21(22,23)24)19(27)18(13)20(28)29/h4-9,12,27H,2-3,10-11H2,1H3,(H,28,29). The van der Waals surface area contributed by atoms with Crippen molar-refractivity contribution in [1.82, 2.24) is 0 Å². The van der Waals surface area contributed by atoms with E-state index in [0.29, 0.717) is 29.8 Å². The molecular weight excluding hydrogens is 403 g/mol. The molecule has 0 aliphatic heterocycles. The largest absolute Gasteiger partial charge is 0.506 e. The molecule has 3 rings (SSSR count).